The van der Waals surface area contributed by atoms with Crippen LogP contribution in [0.5, 0.6) is 0 Å². The van der Waals surface area contributed by atoms with Gasteiger partial charge >= 0.3 is 0 Å². The lowest BCUT2D eigenvalue weighted by Gasteiger charge is -2.12. The minimum absolute atomic E-state index is 0.705. The molecule has 0 aliphatic heterocycles. The topological polar surface area (TPSA) is 54.2 Å². The van der Waals surface area contributed by atoms with E-state index in [9.17, 15) is 0 Å². The number of nitrogens with one attached hydrogen (secondary N) is 2. The Bertz CT molecular complexity index is 841. The first kappa shape index (κ1) is 18.0. The van der Waals surface area contributed by atoms with Gasteiger partial charge in [0.2, 0.25) is 0 Å². The van der Waals surface area contributed by atoms with Crippen LogP contribution in [0.25, 0.3) is 5.69 Å². The molecule has 3 rings (SSSR count). The fourth-order valence-corrected chi connectivity index (χ4v) is 2.83. The number of benzene rings is 2. The highest BCUT2D eigenvalue weighted by Crippen LogP contribution is 2.11. The van der Waals surface area contributed by atoms with E-state index in [1.807, 2.05) is 35.1 Å². The van der Waals surface area contributed by atoms with Crippen LogP contribution in [0.15, 0.2) is 72.0 Å². The Morgan fingerprint density at radius 1 is 1.08 bits per heavy atom. The van der Waals surface area contributed by atoms with Crippen molar-refractivity contribution < 1.29 is 0 Å². The Hall–Kier alpha value is -2.79. The molecule has 0 atom stereocenters. The predicted molar refractivity (Wildman–Crippen MR) is 107 cm³/mol. The van der Waals surface area contributed by atoms with Crippen molar-refractivity contribution in [1.82, 2.24) is 20.4 Å². The van der Waals surface area contributed by atoms with Gasteiger partial charge in [-0.15, -0.1) is 0 Å². The predicted octanol–water partition coefficient (Wildman–Crippen LogP) is 3.43. The van der Waals surface area contributed by atoms with Gasteiger partial charge < -0.3 is 10.6 Å². The van der Waals surface area contributed by atoms with Gasteiger partial charge in [-0.1, -0.05) is 35.9 Å². The molecule has 2 N–H and O–H groups in total. The fraction of sp³-hybridized carbons (Fsp3) is 0.200. The number of nitrogens with zero attached hydrogens (tertiary/aromatic N) is 3. The molecule has 0 aliphatic carbocycles. The van der Waals surface area contributed by atoms with E-state index in [-0.39, 0.29) is 0 Å². The van der Waals surface area contributed by atoms with Crippen molar-refractivity contribution in [2.45, 2.75) is 13.0 Å². The Kier molecular flexibility index (Phi) is 6.28. The Morgan fingerprint density at radius 2 is 1.92 bits per heavy atom. The maximum Gasteiger partial charge on any atom is 0.191 e. The largest absolute Gasteiger partial charge is 0.356 e. The molecule has 1 heterocycles. The molecule has 1 aromatic heterocycles. The average Bonchev–Trinajstić information content (AvgIpc) is 3.20. The summed E-state index contributed by atoms with van der Waals surface area (Å²) >= 11 is 6.01. The van der Waals surface area contributed by atoms with E-state index in [1.165, 1.54) is 11.1 Å². The van der Waals surface area contributed by atoms with Gasteiger partial charge in [-0.2, -0.15) is 5.10 Å². The number of rotatable bonds is 6. The molecule has 0 spiro atoms. The maximum atomic E-state index is 6.01. The van der Waals surface area contributed by atoms with E-state index >= 15 is 0 Å². The van der Waals surface area contributed by atoms with E-state index in [2.05, 4.69) is 51.1 Å². The van der Waals surface area contributed by atoms with Crippen LogP contribution in [0.4, 0.5) is 0 Å². The summed E-state index contributed by atoms with van der Waals surface area (Å²) in [5.74, 6) is 0.781. The van der Waals surface area contributed by atoms with Gasteiger partial charge in [0.15, 0.2) is 5.96 Å². The van der Waals surface area contributed by atoms with Crippen molar-refractivity contribution in [1.29, 1.82) is 0 Å². The minimum atomic E-state index is 0.705. The van der Waals surface area contributed by atoms with Crippen molar-refractivity contribution >= 4 is 17.6 Å². The molecule has 6 heteroatoms. The summed E-state index contributed by atoms with van der Waals surface area (Å²) in [6, 6.07) is 18.1. The van der Waals surface area contributed by atoms with Crippen LogP contribution in [0, 0.1) is 0 Å². The molecule has 0 aliphatic rings. The lowest BCUT2D eigenvalue weighted by Crippen LogP contribution is -2.37. The highest BCUT2D eigenvalue weighted by Gasteiger charge is 2.01. The third kappa shape index (κ3) is 5.10. The van der Waals surface area contributed by atoms with E-state index in [4.69, 9.17) is 11.6 Å². The second-order valence-electron chi connectivity index (χ2n) is 5.85. The molecule has 0 saturated heterocycles. The lowest BCUT2D eigenvalue weighted by atomic mass is 10.1. The Labute approximate surface area is 158 Å². The number of aromatic nitrogens is 2. The minimum Gasteiger partial charge on any atom is -0.356 e. The average molecular weight is 368 g/mol. The van der Waals surface area contributed by atoms with Crippen molar-refractivity contribution in [3.05, 3.63) is 83.1 Å². The van der Waals surface area contributed by atoms with Gasteiger partial charge in [0.05, 0.1) is 5.69 Å². The summed E-state index contributed by atoms with van der Waals surface area (Å²) in [5, 5.41) is 11.6. The van der Waals surface area contributed by atoms with Crippen LogP contribution in [-0.2, 0) is 13.0 Å². The van der Waals surface area contributed by atoms with Crippen LogP contribution in [0.2, 0.25) is 5.02 Å². The maximum absolute atomic E-state index is 6.01. The normalized spacial score (nSPS) is 11.4. The fourth-order valence-electron chi connectivity index (χ4n) is 2.61. The van der Waals surface area contributed by atoms with E-state index in [0.717, 1.165) is 29.6 Å². The standard InChI is InChI=1S/C20H22ClN5/c1-22-20(23-12-10-16-4-2-5-18(21)14-16)24-15-17-6-8-19(9-7-17)26-13-3-11-25-26/h2-9,11,13-14H,10,12,15H2,1H3,(H2,22,23,24). The molecule has 3 aromatic rings. The summed E-state index contributed by atoms with van der Waals surface area (Å²) in [4.78, 5) is 4.26. The Morgan fingerprint density at radius 3 is 2.62 bits per heavy atom. The lowest BCUT2D eigenvalue weighted by molar-refractivity contribution is 0.794. The number of hydrogen-bond acceptors (Lipinski definition) is 2. The molecule has 26 heavy (non-hydrogen) atoms. The number of guanidine groups is 1. The molecule has 0 bridgehead atoms. The van der Waals surface area contributed by atoms with Gasteiger partial charge in [0.1, 0.15) is 0 Å². The van der Waals surface area contributed by atoms with Crippen molar-refractivity contribution in [3.63, 3.8) is 0 Å². The first-order chi connectivity index (χ1) is 12.7. The van der Waals surface area contributed by atoms with Crippen LogP contribution in [-0.4, -0.2) is 29.3 Å². The molecule has 5 nitrogen and oxygen atoms in total. The number of hydrogen-bond donors (Lipinski definition) is 2. The first-order valence-corrected chi connectivity index (χ1v) is 8.90. The SMILES string of the molecule is CN=C(NCCc1cccc(Cl)c1)NCc1ccc(-n2cccn2)cc1. The van der Waals surface area contributed by atoms with E-state index in [0.29, 0.717) is 6.54 Å². The van der Waals surface area contributed by atoms with Gasteiger partial charge in [0.25, 0.3) is 0 Å². The summed E-state index contributed by atoms with van der Waals surface area (Å²) < 4.78 is 1.84. The molecular weight excluding hydrogens is 346 g/mol. The van der Waals surface area contributed by atoms with Crippen LogP contribution < -0.4 is 10.6 Å². The third-order valence-corrected chi connectivity index (χ3v) is 4.22. The molecule has 0 saturated carbocycles. The highest BCUT2D eigenvalue weighted by molar-refractivity contribution is 6.30. The highest BCUT2D eigenvalue weighted by atomic mass is 35.5. The summed E-state index contributed by atoms with van der Waals surface area (Å²) in [7, 11) is 1.77. The quantitative estimate of drug-likeness (QED) is 0.518. The van der Waals surface area contributed by atoms with Gasteiger partial charge in [-0.3, -0.25) is 4.99 Å². The molecule has 2 aromatic carbocycles. The van der Waals surface area contributed by atoms with E-state index < -0.39 is 0 Å². The smallest absolute Gasteiger partial charge is 0.191 e. The summed E-state index contributed by atoms with van der Waals surface area (Å²) in [6.45, 7) is 1.49. The van der Waals surface area contributed by atoms with Crippen molar-refractivity contribution in [2.24, 2.45) is 4.99 Å². The second-order valence-corrected chi connectivity index (χ2v) is 6.29. The first-order valence-electron chi connectivity index (χ1n) is 8.52. The van der Waals surface area contributed by atoms with Gasteiger partial charge in [-0.25, -0.2) is 4.68 Å². The molecule has 0 amide bonds. The summed E-state index contributed by atoms with van der Waals surface area (Å²) in [5.41, 5.74) is 3.43. The zero-order valence-corrected chi connectivity index (χ0v) is 15.4. The van der Waals surface area contributed by atoms with Crippen molar-refractivity contribution in [3.8, 4) is 5.69 Å². The molecule has 0 unspecified atom stereocenters. The number of halogens is 1. The zero-order chi connectivity index (χ0) is 18.2. The van der Waals surface area contributed by atoms with Crippen molar-refractivity contribution in [2.75, 3.05) is 13.6 Å². The number of aliphatic imine (C=N–C) groups is 1. The molecule has 0 radical (unpaired) electrons. The molecule has 134 valence electrons. The Balaban J connectivity index is 1.46. The zero-order valence-electron chi connectivity index (χ0n) is 14.7. The van der Waals surface area contributed by atoms with Crippen LogP contribution in [0.1, 0.15) is 11.1 Å². The summed E-state index contributed by atoms with van der Waals surface area (Å²) in [6.07, 6.45) is 4.59. The van der Waals surface area contributed by atoms with Crippen LogP contribution >= 0.6 is 11.6 Å². The van der Waals surface area contributed by atoms with Crippen LogP contribution in [0.3, 0.4) is 0 Å². The second kappa shape index (κ2) is 9.06. The third-order valence-electron chi connectivity index (χ3n) is 3.98. The monoisotopic (exact) mass is 367 g/mol. The van der Waals surface area contributed by atoms with Gasteiger partial charge in [-0.05, 0) is 47.9 Å². The molecule has 0 fully saturated rings. The van der Waals surface area contributed by atoms with Gasteiger partial charge in [0, 0.05) is 37.6 Å². The van der Waals surface area contributed by atoms with E-state index in [1.54, 1.807) is 13.2 Å². The molecular formula is C20H22ClN5.